The average Bonchev–Trinajstić information content (AvgIpc) is 2.43. The molecule has 1 aliphatic rings. The maximum atomic E-state index is 11.7. The summed E-state index contributed by atoms with van der Waals surface area (Å²) >= 11 is 0. The van der Waals surface area contributed by atoms with Gasteiger partial charge in [-0.3, -0.25) is 9.69 Å². The minimum atomic E-state index is -0.578. The Kier molecular flexibility index (Phi) is 5.59. The molecule has 0 saturated carbocycles. The molecule has 5 nitrogen and oxygen atoms in total. The van der Waals surface area contributed by atoms with E-state index in [0.717, 1.165) is 18.6 Å². The molecule has 1 amide bonds. The molecule has 1 fully saturated rings. The Morgan fingerprint density at radius 1 is 1.38 bits per heavy atom. The maximum absolute atomic E-state index is 11.7. The number of aliphatic hydroxyl groups is 1. The van der Waals surface area contributed by atoms with Crippen LogP contribution in [0.3, 0.4) is 0 Å². The molecular formula is C16H24N2O3. The molecule has 1 heterocycles. The number of rotatable bonds is 8. The third-order valence-electron chi connectivity index (χ3n) is 3.55. The molecule has 0 radical (unpaired) electrons. The number of benzene rings is 1. The van der Waals surface area contributed by atoms with Gasteiger partial charge in [-0.2, -0.15) is 0 Å². The molecule has 1 aromatic rings. The van der Waals surface area contributed by atoms with Crippen LogP contribution in [-0.4, -0.2) is 54.3 Å². The SMILES string of the molecule is CCCC1(O)CN(CC(=O)NCCOc2ccccc2)C1. The number of likely N-dealkylation sites (tertiary alicyclic amines) is 1. The van der Waals surface area contributed by atoms with Crippen molar-refractivity contribution in [3.8, 4) is 5.75 Å². The van der Waals surface area contributed by atoms with Gasteiger partial charge in [0.2, 0.25) is 5.91 Å². The van der Waals surface area contributed by atoms with Gasteiger partial charge in [0.15, 0.2) is 0 Å². The highest BCUT2D eigenvalue weighted by Crippen LogP contribution is 2.24. The minimum Gasteiger partial charge on any atom is -0.492 e. The van der Waals surface area contributed by atoms with Crippen molar-refractivity contribution in [2.24, 2.45) is 0 Å². The Labute approximate surface area is 125 Å². The largest absolute Gasteiger partial charge is 0.492 e. The van der Waals surface area contributed by atoms with E-state index >= 15 is 0 Å². The molecule has 2 N–H and O–H groups in total. The summed E-state index contributed by atoms with van der Waals surface area (Å²) in [6.45, 7) is 4.53. The third-order valence-corrected chi connectivity index (χ3v) is 3.55. The Bertz CT molecular complexity index is 444. The van der Waals surface area contributed by atoms with Crippen LogP contribution in [-0.2, 0) is 4.79 Å². The molecule has 0 bridgehead atoms. The van der Waals surface area contributed by atoms with E-state index in [1.807, 2.05) is 35.2 Å². The Morgan fingerprint density at radius 3 is 2.76 bits per heavy atom. The Hall–Kier alpha value is -1.59. The number of β-amino-alcohol motifs (C(OH)–C–C–N with tert-alkyl or cyclic N) is 1. The number of para-hydroxylation sites is 1. The highest BCUT2D eigenvalue weighted by molar-refractivity contribution is 5.78. The van der Waals surface area contributed by atoms with Crippen molar-refractivity contribution in [1.82, 2.24) is 10.2 Å². The predicted octanol–water partition coefficient (Wildman–Crippen LogP) is 1.03. The van der Waals surface area contributed by atoms with Gasteiger partial charge in [0.25, 0.3) is 0 Å². The first-order valence-corrected chi connectivity index (χ1v) is 7.50. The van der Waals surface area contributed by atoms with E-state index in [1.54, 1.807) is 0 Å². The molecule has 1 aromatic carbocycles. The zero-order valence-corrected chi connectivity index (χ0v) is 12.5. The lowest BCUT2D eigenvalue weighted by Crippen LogP contribution is -2.63. The van der Waals surface area contributed by atoms with Gasteiger partial charge in [0, 0.05) is 13.1 Å². The molecule has 0 aliphatic carbocycles. The summed E-state index contributed by atoms with van der Waals surface area (Å²) in [6.07, 6.45) is 1.77. The van der Waals surface area contributed by atoms with Crippen LogP contribution >= 0.6 is 0 Å². The van der Waals surface area contributed by atoms with Crippen molar-refractivity contribution in [2.75, 3.05) is 32.8 Å². The topological polar surface area (TPSA) is 61.8 Å². The maximum Gasteiger partial charge on any atom is 0.234 e. The number of nitrogens with zero attached hydrogens (tertiary/aromatic N) is 1. The van der Waals surface area contributed by atoms with E-state index < -0.39 is 5.60 Å². The van der Waals surface area contributed by atoms with Crippen molar-refractivity contribution < 1.29 is 14.6 Å². The van der Waals surface area contributed by atoms with Crippen LogP contribution < -0.4 is 10.1 Å². The number of carbonyl (C=O) groups excluding carboxylic acids is 1. The fourth-order valence-corrected chi connectivity index (χ4v) is 2.66. The zero-order chi connectivity index (χ0) is 15.1. The molecule has 1 aliphatic heterocycles. The molecule has 0 atom stereocenters. The second-order valence-electron chi connectivity index (χ2n) is 5.63. The molecule has 116 valence electrons. The van der Waals surface area contributed by atoms with E-state index in [0.29, 0.717) is 32.8 Å². The highest BCUT2D eigenvalue weighted by Gasteiger charge is 2.40. The number of amides is 1. The van der Waals surface area contributed by atoms with E-state index in [2.05, 4.69) is 12.2 Å². The predicted molar refractivity (Wildman–Crippen MR) is 81.2 cm³/mol. The highest BCUT2D eigenvalue weighted by atomic mass is 16.5. The van der Waals surface area contributed by atoms with Gasteiger partial charge < -0.3 is 15.2 Å². The number of nitrogens with one attached hydrogen (secondary N) is 1. The lowest BCUT2D eigenvalue weighted by atomic mass is 9.89. The molecule has 1 saturated heterocycles. The number of hydrogen-bond donors (Lipinski definition) is 2. The molecule has 5 heteroatoms. The molecule has 21 heavy (non-hydrogen) atoms. The fraction of sp³-hybridized carbons (Fsp3) is 0.562. The summed E-state index contributed by atoms with van der Waals surface area (Å²) in [6, 6.07) is 9.53. The quantitative estimate of drug-likeness (QED) is 0.703. The van der Waals surface area contributed by atoms with Crippen LogP contribution in [0.5, 0.6) is 5.75 Å². The van der Waals surface area contributed by atoms with Gasteiger partial charge in [0.1, 0.15) is 12.4 Å². The van der Waals surface area contributed by atoms with Crippen molar-refractivity contribution in [1.29, 1.82) is 0 Å². The average molecular weight is 292 g/mol. The van der Waals surface area contributed by atoms with Gasteiger partial charge in [0.05, 0.1) is 18.7 Å². The van der Waals surface area contributed by atoms with Crippen molar-refractivity contribution in [3.05, 3.63) is 30.3 Å². The summed E-state index contributed by atoms with van der Waals surface area (Å²) < 4.78 is 5.50. The fourth-order valence-electron chi connectivity index (χ4n) is 2.66. The van der Waals surface area contributed by atoms with Gasteiger partial charge in [-0.1, -0.05) is 31.5 Å². The zero-order valence-electron chi connectivity index (χ0n) is 12.5. The monoisotopic (exact) mass is 292 g/mol. The van der Waals surface area contributed by atoms with Crippen molar-refractivity contribution >= 4 is 5.91 Å². The lowest BCUT2D eigenvalue weighted by Gasteiger charge is -2.46. The Balaban J connectivity index is 1.55. The lowest BCUT2D eigenvalue weighted by molar-refractivity contribution is -0.133. The first-order chi connectivity index (χ1) is 10.1. The van der Waals surface area contributed by atoms with Gasteiger partial charge >= 0.3 is 0 Å². The first-order valence-electron chi connectivity index (χ1n) is 7.50. The summed E-state index contributed by atoms with van der Waals surface area (Å²) in [7, 11) is 0. The van der Waals surface area contributed by atoms with Crippen molar-refractivity contribution in [2.45, 2.75) is 25.4 Å². The summed E-state index contributed by atoms with van der Waals surface area (Å²) in [4.78, 5) is 13.7. The molecule has 2 rings (SSSR count). The van der Waals surface area contributed by atoms with Gasteiger partial charge in [-0.15, -0.1) is 0 Å². The first kappa shape index (κ1) is 15.8. The summed E-state index contributed by atoms with van der Waals surface area (Å²) in [5.41, 5.74) is -0.578. The Morgan fingerprint density at radius 2 is 2.10 bits per heavy atom. The van der Waals surface area contributed by atoms with Crippen LogP contribution in [0.2, 0.25) is 0 Å². The van der Waals surface area contributed by atoms with Crippen molar-refractivity contribution in [3.63, 3.8) is 0 Å². The number of ether oxygens (including phenoxy) is 1. The molecule has 0 aromatic heterocycles. The van der Waals surface area contributed by atoms with Crippen LogP contribution in [0.4, 0.5) is 0 Å². The van der Waals surface area contributed by atoms with E-state index in [-0.39, 0.29) is 5.91 Å². The number of carbonyl (C=O) groups is 1. The van der Waals surface area contributed by atoms with Crippen LogP contribution in [0.1, 0.15) is 19.8 Å². The summed E-state index contributed by atoms with van der Waals surface area (Å²) in [5, 5.41) is 12.9. The second kappa shape index (κ2) is 7.43. The molecule has 0 spiro atoms. The van der Waals surface area contributed by atoms with Crippen LogP contribution in [0.15, 0.2) is 30.3 Å². The molecule has 0 unspecified atom stereocenters. The molecular weight excluding hydrogens is 268 g/mol. The number of hydrogen-bond acceptors (Lipinski definition) is 4. The van der Waals surface area contributed by atoms with E-state index in [9.17, 15) is 9.90 Å². The van der Waals surface area contributed by atoms with E-state index in [4.69, 9.17) is 4.74 Å². The van der Waals surface area contributed by atoms with Gasteiger partial charge in [-0.25, -0.2) is 0 Å². The smallest absolute Gasteiger partial charge is 0.234 e. The normalized spacial score (nSPS) is 17.0. The van der Waals surface area contributed by atoms with Crippen LogP contribution in [0, 0.1) is 0 Å². The van der Waals surface area contributed by atoms with Crippen LogP contribution in [0.25, 0.3) is 0 Å². The van der Waals surface area contributed by atoms with E-state index in [1.165, 1.54) is 0 Å². The minimum absolute atomic E-state index is 0.0230. The van der Waals surface area contributed by atoms with Gasteiger partial charge in [-0.05, 0) is 18.6 Å². The third kappa shape index (κ3) is 5.02. The standard InChI is InChI=1S/C16H24N2O3/c1-2-8-16(20)12-18(13-16)11-15(19)17-9-10-21-14-6-4-3-5-7-14/h3-7,20H,2,8-13H2,1H3,(H,17,19). The second-order valence-corrected chi connectivity index (χ2v) is 5.63. The summed E-state index contributed by atoms with van der Waals surface area (Å²) in [5.74, 6) is 0.782.